The first kappa shape index (κ1) is 18.0. The lowest BCUT2D eigenvalue weighted by Gasteiger charge is -2.27. The van der Waals surface area contributed by atoms with Crippen molar-refractivity contribution in [3.63, 3.8) is 0 Å². The van der Waals surface area contributed by atoms with E-state index in [0.29, 0.717) is 34.2 Å². The third-order valence-electron chi connectivity index (χ3n) is 5.50. The number of aromatic hydroxyl groups is 1. The standard InChI is InChI=1S/C21H20FN5O2/c1-27-10-11-8-13(21(29)19(22)20(11)26-27)15-3-5-16-17(25-15)4-2-14(24-16)12-6-7-23-9-18(12)28/h2-5,8,10,12,18,23,28-29H,6-7,9H2,1H3/t12-,18-/m0/s1. The van der Waals surface area contributed by atoms with Crippen LogP contribution in [0.15, 0.2) is 36.5 Å². The zero-order valence-corrected chi connectivity index (χ0v) is 15.8. The summed E-state index contributed by atoms with van der Waals surface area (Å²) in [6.45, 7) is 1.41. The molecule has 0 saturated carbocycles. The number of pyridine rings is 2. The minimum absolute atomic E-state index is 0.00791. The smallest absolute Gasteiger partial charge is 0.193 e. The van der Waals surface area contributed by atoms with Crippen molar-refractivity contribution in [2.24, 2.45) is 7.05 Å². The molecule has 0 unspecified atom stereocenters. The number of halogens is 1. The van der Waals surface area contributed by atoms with E-state index in [4.69, 9.17) is 0 Å². The van der Waals surface area contributed by atoms with Gasteiger partial charge >= 0.3 is 0 Å². The third-order valence-corrected chi connectivity index (χ3v) is 5.50. The molecular weight excluding hydrogens is 373 g/mol. The van der Waals surface area contributed by atoms with E-state index < -0.39 is 17.7 Å². The van der Waals surface area contributed by atoms with Crippen LogP contribution in [0.1, 0.15) is 18.0 Å². The molecule has 1 saturated heterocycles. The van der Waals surface area contributed by atoms with Gasteiger partial charge in [0.25, 0.3) is 0 Å². The molecule has 1 aliphatic heterocycles. The Labute approximate surface area is 165 Å². The maximum absolute atomic E-state index is 14.6. The highest BCUT2D eigenvalue weighted by molar-refractivity contribution is 5.89. The molecule has 4 aromatic rings. The number of benzene rings is 1. The van der Waals surface area contributed by atoms with Crippen LogP contribution in [0.5, 0.6) is 5.75 Å². The molecule has 0 bridgehead atoms. The summed E-state index contributed by atoms with van der Waals surface area (Å²) in [7, 11) is 1.70. The molecule has 0 spiro atoms. The molecule has 5 rings (SSSR count). The molecule has 0 aliphatic carbocycles. The molecule has 0 amide bonds. The minimum Gasteiger partial charge on any atom is -0.504 e. The Balaban J connectivity index is 1.58. The van der Waals surface area contributed by atoms with Crippen LogP contribution in [0.2, 0.25) is 0 Å². The van der Waals surface area contributed by atoms with Crippen molar-refractivity contribution in [2.45, 2.75) is 18.4 Å². The first-order valence-electron chi connectivity index (χ1n) is 9.53. The Kier molecular flexibility index (Phi) is 4.18. The van der Waals surface area contributed by atoms with Crippen LogP contribution in [0.3, 0.4) is 0 Å². The van der Waals surface area contributed by atoms with E-state index >= 15 is 0 Å². The average Bonchev–Trinajstić information content (AvgIpc) is 3.11. The van der Waals surface area contributed by atoms with Crippen LogP contribution in [0.25, 0.3) is 33.2 Å². The quantitative estimate of drug-likeness (QED) is 0.484. The lowest BCUT2D eigenvalue weighted by atomic mass is 9.91. The highest BCUT2D eigenvalue weighted by Gasteiger charge is 2.26. The zero-order chi connectivity index (χ0) is 20.1. The second-order valence-corrected chi connectivity index (χ2v) is 7.46. The second kappa shape index (κ2) is 6.75. The van der Waals surface area contributed by atoms with Crippen molar-refractivity contribution >= 4 is 21.9 Å². The normalized spacial score (nSPS) is 19.8. The van der Waals surface area contributed by atoms with E-state index in [9.17, 15) is 14.6 Å². The summed E-state index contributed by atoms with van der Waals surface area (Å²) in [4.78, 5) is 9.25. The summed E-state index contributed by atoms with van der Waals surface area (Å²) < 4.78 is 16.1. The van der Waals surface area contributed by atoms with Crippen LogP contribution in [-0.4, -0.2) is 49.2 Å². The number of phenolic OH excluding ortho intramolecular Hbond substituents is 1. The number of fused-ring (bicyclic) bond motifs is 2. The number of nitrogens with zero attached hydrogens (tertiary/aromatic N) is 4. The number of aliphatic hydroxyl groups excluding tert-OH is 1. The van der Waals surface area contributed by atoms with Gasteiger partial charge in [0.05, 0.1) is 22.8 Å². The van der Waals surface area contributed by atoms with Gasteiger partial charge in [-0.3, -0.25) is 9.67 Å². The van der Waals surface area contributed by atoms with Crippen LogP contribution in [0, 0.1) is 5.82 Å². The number of hydrogen-bond donors (Lipinski definition) is 3. The maximum atomic E-state index is 14.6. The van der Waals surface area contributed by atoms with E-state index in [2.05, 4.69) is 20.4 Å². The topological polar surface area (TPSA) is 96.1 Å². The maximum Gasteiger partial charge on any atom is 0.193 e. The van der Waals surface area contributed by atoms with Crippen molar-refractivity contribution in [1.82, 2.24) is 25.1 Å². The lowest BCUT2D eigenvalue weighted by Crippen LogP contribution is -2.39. The molecular formula is C21H20FN5O2. The Morgan fingerprint density at radius 3 is 2.79 bits per heavy atom. The predicted octanol–water partition coefficient (Wildman–Crippen LogP) is 2.47. The molecule has 4 heterocycles. The van der Waals surface area contributed by atoms with Gasteiger partial charge in [-0.25, -0.2) is 9.37 Å². The molecule has 2 atom stereocenters. The molecule has 148 valence electrons. The summed E-state index contributed by atoms with van der Waals surface area (Å²) in [5.74, 6) is -1.23. The highest BCUT2D eigenvalue weighted by Crippen LogP contribution is 2.36. The van der Waals surface area contributed by atoms with E-state index in [1.807, 2.05) is 12.1 Å². The summed E-state index contributed by atoms with van der Waals surface area (Å²) >= 11 is 0. The summed E-state index contributed by atoms with van der Waals surface area (Å²) in [5, 5.41) is 28.4. The lowest BCUT2D eigenvalue weighted by molar-refractivity contribution is 0.117. The molecule has 3 N–H and O–H groups in total. The molecule has 1 fully saturated rings. The molecule has 0 radical (unpaired) electrons. The van der Waals surface area contributed by atoms with E-state index in [-0.39, 0.29) is 11.4 Å². The first-order valence-corrected chi connectivity index (χ1v) is 9.53. The van der Waals surface area contributed by atoms with Gasteiger partial charge in [-0.15, -0.1) is 0 Å². The number of aliphatic hydroxyl groups is 1. The number of rotatable bonds is 2. The second-order valence-electron chi connectivity index (χ2n) is 7.46. The minimum atomic E-state index is -0.756. The summed E-state index contributed by atoms with van der Waals surface area (Å²) in [6, 6.07) is 8.94. The van der Waals surface area contributed by atoms with Gasteiger partial charge in [0, 0.05) is 42.4 Å². The molecule has 1 aromatic carbocycles. The molecule has 3 aromatic heterocycles. The first-order chi connectivity index (χ1) is 14.0. The summed E-state index contributed by atoms with van der Waals surface area (Å²) in [6.07, 6.45) is 2.05. The largest absolute Gasteiger partial charge is 0.504 e. The summed E-state index contributed by atoms with van der Waals surface area (Å²) in [5.41, 5.74) is 3.06. The van der Waals surface area contributed by atoms with Gasteiger partial charge in [0.1, 0.15) is 5.52 Å². The van der Waals surface area contributed by atoms with Crippen molar-refractivity contribution in [1.29, 1.82) is 0 Å². The van der Waals surface area contributed by atoms with Crippen molar-refractivity contribution in [3.05, 3.63) is 48.0 Å². The van der Waals surface area contributed by atoms with E-state index in [0.717, 1.165) is 18.7 Å². The number of nitrogens with one attached hydrogen (secondary N) is 1. The molecule has 7 nitrogen and oxygen atoms in total. The van der Waals surface area contributed by atoms with Crippen LogP contribution < -0.4 is 5.32 Å². The Morgan fingerprint density at radius 2 is 1.97 bits per heavy atom. The van der Waals surface area contributed by atoms with Gasteiger partial charge < -0.3 is 15.5 Å². The van der Waals surface area contributed by atoms with Crippen molar-refractivity contribution < 1.29 is 14.6 Å². The van der Waals surface area contributed by atoms with Crippen LogP contribution in [0.4, 0.5) is 4.39 Å². The number of aromatic nitrogens is 4. The molecule has 1 aliphatic rings. The van der Waals surface area contributed by atoms with E-state index in [1.54, 1.807) is 31.4 Å². The third kappa shape index (κ3) is 3.01. The fourth-order valence-electron chi connectivity index (χ4n) is 4.00. The number of hydrogen-bond acceptors (Lipinski definition) is 6. The predicted molar refractivity (Wildman–Crippen MR) is 107 cm³/mol. The molecule has 29 heavy (non-hydrogen) atoms. The number of piperidine rings is 1. The SMILES string of the molecule is Cn1cc2cc(-c3ccc4nc([C@@H]5CCNC[C@@H]5O)ccc4n3)c(O)c(F)c2n1. The van der Waals surface area contributed by atoms with Gasteiger partial charge in [-0.2, -0.15) is 5.10 Å². The number of phenols is 1. The highest BCUT2D eigenvalue weighted by atomic mass is 19.1. The van der Waals surface area contributed by atoms with Gasteiger partial charge in [-0.05, 0) is 43.3 Å². The fraction of sp³-hybridized carbons (Fsp3) is 0.286. The Hall–Kier alpha value is -3.10. The van der Waals surface area contributed by atoms with Gasteiger partial charge in [0.15, 0.2) is 11.6 Å². The van der Waals surface area contributed by atoms with Crippen molar-refractivity contribution in [2.75, 3.05) is 13.1 Å². The van der Waals surface area contributed by atoms with Gasteiger partial charge in [0.2, 0.25) is 0 Å². The molecule has 8 heteroatoms. The number of β-amino-alcohol motifs (C(OH)–C–C–N with tert-alkyl or cyclic N) is 1. The van der Waals surface area contributed by atoms with Crippen LogP contribution >= 0.6 is 0 Å². The Bertz CT molecular complexity index is 1240. The zero-order valence-electron chi connectivity index (χ0n) is 15.8. The monoisotopic (exact) mass is 393 g/mol. The van der Waals surface area contributed by atoms with E-state index in [1.165, 1.54) is 4.68 Å². The fourth-order valence-corrected chi connectivity index (χ4v) is 4.00. The van der Waals surface area contributed by atoms with Gasteiger partial charge in [-0.1, -0.05) is 0 Å². The average molecular weight is 393 g/mol. The van der Waals surface area contributed by atoms with Crippen LogP contribution in [-0.2, 0) is 7.05 Å². The van der Waals surface area contributed by atoms with Crippen molar-refractivity contribution in [3.8, 4) is 17.0 Å². The number of aryl methyl sites for hydroxylation is 1. The Morgan fingerprint density at radius 1 is 1.17 bits per heavy atom.